The van der Waals surface area contributed by atoms with Crippen LogP contribution in [0.15, 0.2) is 12.3 Å². The van der Waals surface area contributed by atoms with E-state index in [1.807, 2.05) is 7.05 Å². The third-order valence-corrected chi connectivity index (χ3v) is 3.85. The molecule has 2 heterocycles. The van der Waals surface area contributed by atoms with E-state index in [0.717, 1.165) is 36.0 Å². The Morgan fingerprint density at radius 3 is 2.94 bits per heavy atom. The predicted octanol–water partition coefficient (Wildman–Crippen LogP) is 3.08. The molecule has 18 heavy (non-hydrogen) atoms. The Bertz CT molecular complexity index is 418. The monoisotopic (exact) mass is 267 g/mol. The number of rotatable bonds is 3. The van der Waals surface area contributed by atoms with Crippen molar-refractivity contribution in [3.05, 3.63) is 22.8 Å². The van der Waals surface area contributed by atoms with Crippen LogP contribution in [0.1, 0.15) is 32.3 Å². The highest BCUT2D eigenvalue weighted by Crippen LogP contribution is 2.31. The fourth-order valence-electron chi connectivity index (χ4n) is 2.59. The van der Waals surface area contributed by atoms with Crippen LogP contribution in [0.3, 0.4) is 0 Å². The molecule has 0 spiro atoms. The van der Waals surface area contributed by atoms with Crippen LogP contribution < -0.4 is 10.2 Å². The number of aromatic nitrogens is 1. The predicted molar refractivity (Wildman–Crippen MR) is 77.2 cm³/mol. The van der Waals surface area contributed by atoms with Gasteiger partial charge in [0.05, 0.1) is 5.02 Å². The van der Waals surface area contributed by atoms with Crippen LogP contribution in [0.4, 0.5) is 5.82 Å². The normalized spacial score (nSPS) is 19.0. The molecule has 3 nitrogen and oxygen atoms in total. The average Bonchev–Trinajstić information content (AvgIpc) is 2.31. The van der Waals surface area contributed by atoms with Crippen LogP contribution in [-0.2, 0) is 6.54 Å². The van der Waals surface area contributed by atoms with Gasteiger partial charge in [0.15, 0.2) is 0 Å². The minimum atomic E-state index is 0.378. The van der Waals surface area contributed by atoms with Crippen LogP contribution in [0.5, 0.6) is 0 Å². The largest absolute Gasteiger partial charge is 0.356 e. The lowest BCUT2D eigenvalue weighted by Crippen LogP contribution is -2.40. The highest BCUT2D eigenvalue weighted by atomic mass is 35.5. The van der Waals surface area contributed by atoms with Crippen molar-refractivity contribution in [1.29, 1.82) is 0 Å². The van der Waals surface area contributed by atoms with Crippen molar-refractivity contribution in [2.75, 3.05) is 25.0 Å². The molecule has 4 heteroatoms. The van der Waals surface area contributed by atoms with E-state index in [1.165, 1.54) is 12.8 Å². The van der Waals surface area contributed by atoms with Crippen molar-refractivity contribution in [1.82, 2.24) is 10.3 Å². The van der Waals surface area contributed by atoms with Gasteiger partial charge in [-0.2, -0.15) is 0 Å². The Hall–Kier alpha value is -0.800. The first-order chi connectivity index (χ1) is 8.52. The van der Waals surface area contributed by atoms with E-state index in [-0.39, 0.29) is 0 Å². The molecule has 2 rings (SSSR count). The maximum atomic E-state index is 6.15. The number of hydrogen-bond acceptors (Lipinski definition) is 3. The Balaban J connectivity index is 2.20. The molecular formula is C14H22ClN3. The van der Waals surface area contributed by atoms with E-state index in [0.29, 0.717) is 5.41 Å². The summed E-state index contributed by atoms with van der Waals surface area (Å²) in [6, 6.07) is 2.11. The molecule has 1 aliphatic heterocycles. The second-order valence-electron chi connectivity index (χ2n) is 5.85. The molecule has 0 atom stereocenters. The van der Waals surface area contributed by atoms with E-state index in [4.69, 9.17) is 11.6 Å². The molecule has 1 aliphatic rings. The van der Waals surface area contributed by atoms with E-state index >= 15 is 0 Å². The van der Waals surface area contributed by atoms with E-state index in [1.54, 1.807) is 6.20 Å². The molecule has 0 saturated carbocycles. The van der Waals surface area contributed by atoms with Gasteiger partial charge in [0.2, 0.25) is 0 Å². The van der Waals surface area contributed by atoms with Crippen LogP contribution in [0.25, 0.3) is 0 Å². The molecule has 1 fully saturated rings. The second-order valence-corrected chi connectivity index (χ2v) is 6.26. The lowest BCUT2D eigenvalue weighted by molar-refractivity contribution is 0.292. The lowest BCUT2D eigenvalue weighted by Gasteiger charge is -2.38. The summed E-state index contributed by atoms with van der Waals surface area (Å²) >= 11 is 6.15. The number of piperidine rings is 1. The molecule has 100 valence electrons. The minimum absolute atomic E-state index is 0.378. The Kier molecular flexibility index (Phi) is 4.13. The molecule has 1 N–H and O–H groups in total. The van der Waals surface area contributed by atoms with Crippen molar-refractivity contribution in [2.24, 2.45) is 5.41 Å². The van der Waals surface area contributed by atoms with Gasteiger partial charge in [-0.05, 0) is 36.9 Å². The first-order valence-electron chi connectivity index (χ1n) is 6.56. The van der Waals surface area contributed by atoms with Crippen LogP contribution in [0, 0.1) is 5.41 Å². The summed E-state index contributed by atoms with van der Waals surface area (Å²) in [6.07, 6.45) is 4.30. The maximum absolute atomic E-state index is 6.15. The average molecular weight is 268 g/mol. The van der Waals surface area contributed by atoms with Gasteiger partial charge in [-0.25, -0.2) is 4.98 Å². The van der Waals surface area contributed by atoms with Gasteiger partial charge >= 0.3 is 0 Å². The van der Waals surface area contributed by atoms with E-state index in [2.05, 4.69) is 35.1 Å². The number of hydrogen-bond donors (Lipinski definition) is 1. The highest BCUT2D eigenvalue weighted by Gasteiger charge is 2.27. The zero-order valence-electron chi connectivity index (χ0n) is 11.5. The van der Waals surface area contributed by atoms with Crippen LogP contribution >= 0.6 is 11.6 Å². The van der Waals surface area contributed by atoms with Gasteiger partial charge in [-0.15, -0.1) is 0 Å². The summed E-state index contributed by atoms with van der Waals surface area (Å²) in [5, 5.41) is 3.88. The van der Waals surface area contributed by atoms with Gasteiger partial charge in [0.1, 0.15) is 5.82 Å². The zero-order chi connectivity index (χ0) is 13.2. The van der Waals surface area contributed by atoms with Crippen molar-refractivity contribution in [3.63, 3.8) is 0 Å². The highest BCUT2D eigenvalue weighted by molar-refractivity contribution is 6.31. The fourth-order valence-corrected chi connectivity index (χ4v) is 2.76. The molecule has 0 unspecified atom stereocenters. The zero-order valence-corrected chi connectivity index (χ0v) is 12.2. The van der Waals surface area contributed by atoms with Gasteiger partial charge in [-0.1, -0.05) is 25.4 Å². The summed E-state index contributed by atoms with van der Waals surface area (Å²) in [7, 11) is 1.93. The number of nitrogens with one attached hydrogen (secondary N) is 1. The smallest absolute Gasteiger partial charge is 0.128 e. The summed E-state index contributed by atoms with van der Waals surface area (Å²) in [4.78, 5) is 6.85. The molecule has 1 aromatic rings. The second kappa shape index (κ2) is 5.45. The van der Waals surface area contributed by atoms with Gasteiger partial charge in [0.25, 0.3) is 0 Å². The molecule has 0 radical (unpaired) electrons. The van der Waals surface area contributed by atoms with Crippen LogP contribution in [0.2, 0.25) is 5.02 Å². The van der Waals surface area contributed by atoms with Crippen molar-refractivity contribution in [2.45, 2.75) is 33.2 Å². The third kappa shape index (κ3) is 3.15. The topological polar surface area (TPSA) is 28.2 Å². The number of pyridine rings is 1. The summed E-state index contributed by atoms with van der Waals surface area (Å²) in [5.74, 6) is 1.05. The SMILES string of the molecule is CNCc1cc(N2CCCC(C)(C)C2)ncc1Cl. The van der Waals surface area contributed by atoms with Crippen molar-refractivity contribution in [3.8, 4) is 0 Å². The Labute approximate surface area is 115 Å². The quantitative estimate of drug-likeness (QED) is 0.912. The fraction of sp³-hybridized carbons (Fsp3) is 0.643. The van der Waals surface area contributed by atoms with Gasteiger partial charge in [0, 0.05) is 25.8 Å². The molecule has 0 bridgehead atoms. The molecule has 0 aromatic carbocycles. The summed E-state index contributed by atoms with van der Waals surface area (Å²) in [6.45, 7) is 7.59. The van der Waals surface area contributed by atoms with Gasteiger partial charge < -0.3 is 10.2 Å². The minimum Gasteiger partial charge on any atom is -0.356 e. The Morgan fingerprint density at radius 1 is 1.50 bits per heavy atom. The van der Waals surface area contributed by atoms with E-state index in [9.17, 15) is 0 Å². The van der Waals surface area contributed by atoms with E-state index < -0.39 is 0 Å². The van der Waals surface area contributed by atoms with Crippen molar-refractivity contribution >= 4 is 17.4 Å². The van der Waals surface area contributed by atoms with Gasteiger partial charge in [-0.3, -0.25) is 0 Å². The molecule has 0 amide bonds. The molecule has 1 saturated heterocycles. The molecule has 0 aliphatic carbocycles. The van der Waals surface area contributed by atoms with Crippen molar-refractivity contribution < 1.29 is 0 Å². The lowest BCUT2D eigenvalue weighted by atomic mass is 9.84. The number of anilines is 1. The third-order valence-electron chi connectivity index (χ3n) is 3.51. The maximum Gasteiger partial charge on any atom is 0.128 e. The summed E-state index contributed by atoms with van der Waals surface area (Å²) in [5.41, 5.74) is 1.50. The van der Waals surface area contributed by atoms with Crippen LogP contribution in [-0.4, -0.2) is 25.1 Å². The standard InChI is InChI=1S/C14H22ClN3/c1-14(2)5-4-6-18(10-14)13-7-11(8-16-3)12(15)9-17-13/h7,9,16H,4-6,8,10H2,1-3H3. The number of halogens is 1. The first kappa shape index (κ1) is 13.6. The first-order valence-corrected chi connectivity index (χ1v) is 6.94. The number of nitrogens with zero attached hydrogens (tertiary/aromatic N) is 2. The summed E-state index contributed by atoms with van der Waals surface area (Å²) < 4.78 is 0. The molecular weight excluding hydrogens is 246 g/mol. The molecule has 1 aromatic heterocycles. The Morgan fingerprint density at radius 2 is 2.28 bits per heavy atom.